The summed E-state index contributed by atoms with van der Waals surface area (Å²) in [6.45, 7) is 2.96. The highest BCUT2D eigenvalue weighted by atomic mass is 32.2. The third-order valence-electron chi connectivity index (χ3n) is 4.69. The topological polar surface area (TPSA) is 85.4 Å². The number of carbonyl (C=O) groups is 1. The molecule has 2 aliphatic rings. The molecular weight excluding hydrogens is 396 g/mol. The third-order valence-corrected chi connectivity index (χ3v) is 6.71. The summed E-state index contributed by atoms with van der Waals surface area (Å²) in [7, 11) is 0. The minimum atomic E-state index is -0.500. The number of hydrogen-bond donors (Lipinski definition) is 2. The first-order valence-corrected chi connectivity index (χ1v) is 11.5. The van der Waals surface area contributed by atoms with Crippen LogP contribution < -0.4 is 20.1 Å². The fourth-order valence-corrected chi connectivity index (χ4v) is 4.94. The zero-order chi connectivity index (χ0) is 19.4. The molecule has 7 nitrogen and oxygen atoms in total. The second-order valence-corrected chi connectivity index (χ2v) is 9.17. The van der Waals surface area contributed by atoms with Crippen molar-refractivity contribution in [3.63, 3.8) is 0 Å². The lowest BCUT2D eigenvalue weighted by molar-refractivity contribution is -0.113. The highest BCUT2D eigenvalue weighted by Gasteiger charge is 2.42. The van der Waals surface area contributed by atoms with E-state index < -0.39 is 5.79 Å². The Morgan fingerprint density at radius 2 is 2.04 bits per heavy atom. The van der Waals surface area contributed by atoms with Crippen molar-refractivity contribution in [2.45, 2.75) is 55.6 Å². The van der Waals surface area contributed by atoms with E-state index in [9.17, 15) is 4.79 Å². The highest BCUT2D eigenvalue weighted by molar-refractivity contribution is 8.01. The summed E-state index contributed by atoms with van der Waals surface area (Å²) in [5.74, 6) is 1.16. The van der Waals surface area contributed by atoms with Gasteiger partial charge in [0.1, 0.15) is 0 Å². The van der Waals surface area contributed by atoms with Crippen LogP contribution in [0, 0.1) is 0 Å². The molecule has 1 spiro atoms. The van der Waals surface area contributed by atoms with Gasteiger partial charge in [-0.05, 0) is 31.4 Å². The average molecular weight is 421 g/mol. The zero-order valence-corrected chi connectivity index (χ0v) is 17.5. The van der Waals surface area contributed by atoms with E-state index in [0.717, 1.165) is 53.9 Å². The van der Waals surface area contributed by atoms with Gasteiger partial charge in [-0.3, -0.25) is 4.79 Å². The second-order valence-electron chi connectivity index (χ2n) is 6.97. The van der Waals surface area contributed by atoms with Gasteiger partial charge in [0.25, 0.3) is 5.79 Å². The van der Waals surface area contributed by atoms with Crippen LogP contribution in [0.3, 0.4) is 0 Å². The Kier molecular flexibility index (Phi) is 5.91. The average Bonchev–Trinajstić information content (AvgIpc) is 3.29. The van der Waals surface area contributed by atoms with Crippen molar-refractivity contribution in [3.8, 4) is 11.5 Å². The van der Waals surface area contributed by atoms with Gasteiger partial charge >= 0.3 is 0 Å². The molecular formula is C19H24N4O3S2. The number of anilines is 2. The zero-order valence-electron chi connectivity index (χ0n) is 15.8. The van der Waals surface area contributed by atoms with Crippen LogP contribution in [0.5, 0.6) is 11.5 Å². The van der Waals surface area contributed by atoms with Gasteiger partial charge in [-0.2, -0.15) is 0 Å². The Labute approximate surface area is 172 Å². The van der Waals surface area contributed by atoms with E-state index in [2.05, 4.69) is 27.8 Å². The first-order chi connectivity index (χ1) is 13.7. The molecule has 0 saturated heterocycles. The van der Waals surface area contributed by atoms with E-state index in [1.165, 1.54) is 29.5 Å². The number of rotatable bonds is 7. The Hall–Kier alpha value is -2.00. The molecule has 150 valence electrons. The predicted octanol–water partition coefficient (Wildman–Crippen LogP) is 4.52. The number of hydrogen-bond acceptors (Lipinski definition) is 8. The minimum absolute atomic E-state index is 0.0884. The molecule has 1 aliphatic carbocycles. The lowest BCUT2D eigenvalue weighted by Gasteiger charge is -2.31. The number of carbonyl (C=O) groups excluding carboxylic acids is 1. The van der Waals surface area contributed by atoms with E-state index in [0.29, 0.717) is 11.4 Å². The maximum absolute atomic E-state index is 12.3. The van der Waals surface area contributed by atoms with Crippen LogP contribution in [0.1, 0.15) is 45.4 Å². The Bertz CT molecular complexity index is 836. The molecule has 1 fully saturated rings. The Morgan fingerprint density at radius 3 is 2.86 bits per heavy atom. The van der Waals surface area contributed by atoms with Crippen molar-refractivity contribution >= 4 is 39.8 Å². The van der Waals surface area contributed by atoms with Gasteiger partial charge in [0.2, 0.25) is 11.0 Å². The molecule has 2 aromatic rings. The molecule has 1 aromatic carbocycles. The normalized spacial score (nSPS) is 16.9. The molecule has 0 unspecified atom stereocenters. The van der Waals surface area contributed by atoms with E-state index >= 15 is 0 Å². The van der Waals surface area contributed by atoms with Gasteiger partial charge in [-0.1, -0.05) is 36.4 Å². The smallest absolute Gasteiger partial charge is 0.251 e. The van der Waals surface area contributed by atoms with Crippen LogP contribution in [0.2, 0.25) is 0 Å². The van der Waals surface area contributed by atoms with Crippen molar-refractivity contribution in [1.82, 2.24) is 10.2 Å². The molecule has 0 bridgehead atoms. The van der Waals surface area contributed by atoms with Gasteiger partial charge in [-0.25, -0.2) is 0 Å². The standard InChI is InChI=1S/C19H24N4O3S2/c1-2-10-20-17-22-23-18(28-17)27-12-16(24)21-13-6-7-14-15(11-13)26-19(25-14)8-4-3-5-9-19/h6-7,11H,2-5,8-10,12H2,1H3,(H,20,22)(H,21,24). The van der Waals surface area contributed by atoms with E-state index in [4.69, 9.17) is 9.47 Å². The summed E-state index contributed by atoms with van der Waals surface area (Å²) in [6, 6.07) is 5.57. The second kappa shape index (κ2) is 8.57. The lowest BCUT2D eigenvalue weighted by Crippen LogP contribution is -2.40. The van der Waals surface area contributed by atoms with Crippen LogP contribution in [0.15, 0.2) is 22.5 Å². The fourth-order valence-electron chi connectivity index (χ4n) is 3.36. The number of benzene rings is 1. The predicted molar refractivity (Wildman–Crippen MR) is 112 cm³/mol. The molecule has 4 rings (SSSR count). The highest BCUT2D eigenvalue weighted by Crippen LogP contribution is 2.46. The summed E-state index contributed by atoms with van der Waals surface area (Å²) < 4.78 is 13.0. The third kappa shape index (κ3) is 4.52. The quantitative estimate of drug-likeness (QED) is 0.637. The molecule has 9 heteroatoms. The van der Waals surface area contributed by atoms with Crippen LogP contribution in [0.25, 0.3) is 0 Å². The number of thioether (sulfide) groups is 1. The molecule has 0 radical (unpaired) electrons. The molecule has 0 atom stereocenters. The van der Waals surface area contributed by atoms with Gasteiger partial charge in [0.15, 0.2) is 15.8 Å². The van der Waals surface area contributed by atoms with Crippen molar-refractivity contribution in [3.05, 3.63) is 18.2 Å². The molecule has 1 aromatic heterocycles. The van der Waals surface area contributed by atoms with Gasteiger partial charge in [0.05, 0.1) is 5.75 Å². The molecule has 1 saturated carbocycles. The van der Waals surface area contributed by atoms with Crippen molar-refractivity contribution in [2.75, 3.05) is 22.9 Å². The SMILES string of the molecule is CCCNc1nnc(SCC(=O)Nc2ccc3c(c2)OC2(CCCCC2)O3)s1. The summed E-state index contributed by atoms with van der Waals surface area (Å²) in [4.78, 5) is 12.3. The Balaban J connectivity index is 1.30. The monoisotopic (exact) mass is 420 g/mol. The number of nitrogens with one attached hydrogen (secondary N) is 2. The summed E-state index contributed by atoms with van der Waals surface area (Å²) >= 11 is 2.84. The van der Waals surface area contributed by atoms with Crippen molar-refractivity contribution < 1.29 is 14.3 Å². The van der Waals surface area contributed by atoms with Crippen molar-refractivity contribution in [2.24, 2.45) is 0 Å². The summed E-state index contributed by atoms with van der Waals surface area (Å²) in [5, 5.41) is 15.1. The van der Waals surface area contributed by atoms with Crippen LogP contribution in [0.4, 0.5) is 10.8 Å². The van der Waals surface area contributed by atoms with Crippen LogP contribution >= 0.6 is 23.1 Å². The lowest BCUT2D eigenvalue weighted by atomic mass is 9.94. The molecule has 1 aliphatic heterocycles. The van der Waals surface area contributed by atoms with Gasteiger partial charge in [-0.15, -0.1) is 10.2 Å². The number of nitrogens with zero attached hydrogens (tertiary/aromatic N) is 2. The summed E-state index contributed by atoms with van der Waals surface area (Å²) in [6.07, 6.45) is 6.33. The van der Waals surface area contributed by atoms with E-state index in [-0.39, 0.29) is 11.7 Å². The molecule has 2 N–H and O–H groups in total. The van der Waals surface area contributed by atoms with Crippen LogP contribution in [-0.2, 0) is 4.79 Å². The number of ether oxygens (including phenoxy) is 2. The first-order valence-electron chi connectivity index (χ1n) is 9.68. The van der Waals surface area contributed by atoms with E-state index in [1.54, 1.807) is 0 Å². The maximum atomic E-state index is 12.3. The van der Waals surface area contributed by atoms with Gasteiger partial charge < -0.3 is 20.1 Å². The largest absolute Gasteiger partial charge is 0.448 e. The van der Waals surface area contributed by atoms with E-state index in [1.807, 2.05) is 18.2 Å². The summed E-state index contributed by atoms with van der Waals surface area (Å²) in [5.41, 5.74) is 0.711. The Morgan fingerprint density at radius 1 is 1.21 bits per heavy atom. The number of amides is 1. The van der Waals surface area contributed by atoms with Gasteiger partial charge in [0, 0.05) is 31.1 Å². The molecule has 2 heterocycles. The minimum Gasteiger partial charge on any atom is -0.448 e. The molecule has 1 amide bonds. The molecule has 28 heavy (non-hydrogen) atoms. The number of aromatic nitrogens is 2. The first kappa shape index (κ1) is 19.3. The maximum Gasteiger partial charge on any atom is 0.251 e. The number of fused-ring (bicyclic) bond motifs is 1. The van der Waals surface area contributed by atoms with Crippen molar-refractivity contribution in [1.29, 1.82) is 0 Å². The van der Waals surface area contributed by atoms with Crippen LogP contribution in [-0.4, -0.2) is 34.2 Å². The fraction of sp³-hybridized carbons (Fsp3) is 0.526.